The Balaban J connectivity index is 2.29. The molecule has 0 aliphatic carbocycles. The highest BCUT2D eigenvalue weighted by atomic mass is 16.5. The number of likely N-dealkylation sites (N-methyl/N-ethyl adjacent to an activating group) is 1. The molecular weight excluding hydrogens is 138 g/mol. The second-order valence-corrected chi connectivity index (χ2v) is 4.62. The molecule has 0 radical (unpaired) electrons. The van der Waals surface area contributed by atoms with Crippen LogP contribution in [0.3, 0.4) is 0 Å². The van der Waals surface area contributed by atoms with Gasteiger partial charge in [0.15, 0.2) is 0 Å². The zero-order valence-electron chi connectivity index (χ0n) is 8.13. The summed E-state index contributed by atoms with van der Waals surface area (Å²) in [7, 11) is 6.64. The topological polar surface area (TPSA) is 9.23 Å². The lowest BCUT2D eigenvalue weighted by Crippen LogP contribution is -2.41. The minimum atomic E-state index is 0.492. The normalized spacial score (nSPS) is 32.7. The number of quaternary nitrogens is 1. The van der Waals surface area contributed by atoms with Crippen LogP contribution in [0.5, 0.6) is 0 Å². The molecule has 0 bridgehead atoms. The van der Waals surface area contributed by atoms with Crippen molar-refractivity contribution in [2.75, 3.05) is 27.7 Å². The van der Waals surface area contributed by atoms with E-state index in [9.17, 15) is 0 Å². The van der Waals surface area contributed by atoms with Gasteiger partial charge in [-0.05, 0) is 19.8 Å². The van der Waals surface area contributed by atoms with Crippen LogP contribution < -0.4 is 0 Å². The van der Waals surface area contributed by atoms with Gasteiger partial charge in [0.1, 0.15) is 12.6 Å². The van der Waals surface area contributed by atoms with Crippen molar-refractivity contribution < 1.29 is 9.22 Å². The van der Waals surface area contributed by atoms with E-state index in [1.54, 1.807) is 0 Å². The Morgan fingerprint density at radius 2 is 1.91 bits per heavy atom. The van der Waals surface area contributed by atoms with E-state index < -0.39 is 0 Å². The Morgan fingerprint density at radius 3 is 2.27 bits per heavy atom. The largest absolute Gasteiger partial charge is 0.369 e. The Labute approximate surface area is 69.7 Å². The Kier molecular flexibility index (Phi) is 2.55. The molecule has 1 saturated heterocycles. The number of ether oxygens (including phenoxy) is 1. The summed E-state index contributed by atoms with van der Waals surface area (Å²) in [5.41, 5.74) is 0. The minimum absolute atomic E-state index is 0.492. The van der Waals surface area contributed by atoms with Crippen molar-refractivity contribution in [2.45, 2.75) is 32.0 Å². The molecule has 2 atom stereocenters. The molecule has 1 fully saturated rings. The molecule has 1 aliphatic heterocycles. The summed E-state index contributed by atoms with van der Waals surface area (Å²) in [6, 6.07) is 0. The molecule has 2 nitrogen and oxygen atoms in total. The SMILES string of the molecule is C[C@@H]1CC[C@H](C[N+](C)(C)C)O1. The quantitative estimate of drug-likeness (QED) is 0.550. The number of hydrogen-bond donors (Lipinski definition) is 0. The molecule has 11 heavy (non-hydrogen) atoms. The van der Waals surface area contributed by atoms with Crippen molar-refractivity contribution in [3.8, 4) is 0 Å². The predicted molar refractivity (Wildman–Crippen MR) is 46.5 cm³/mol. The van der Waals surface area contributed by atoms with Gasteiger partial charge in [-0.3, -0.25) is 0 Å². The standard InChI is InChI=1S/C9H20NO/c1-8-5-6-9(11-8)7-10(2,3)4/h8-9H,5-7H2,1-4H3/q+1/t8-,9-/m1/s1. The molecule has 2 heteroatoms. The van der Waals surface area contributed by atoms with Crippen molar-refractivity contribution in [3.63, 3.8) is 0 Å². The van der Waals surface area contributed by atoms with Crippen LogP contribution in [-0.2, 0) is 4.74 Å². The fourth-order valence-corrected chi connectivity index (χ4v) is 1.63. The number of rotatable bonds is 2. The molecule has 0 spiro atoms. The molecule has 0 amide bonds. The summed E-state index contributed by atoms with van der Waals surface area (Å²) in [5.74, 6) is 0. The predicted octanol–water partition coefficient (Wildman–Crippen LogP) is 1.26. The van der Waals surface area contributed by atoms with Gasteiger partial charge in [0.25, 0.3) is 0 Å². The minimum Gasteiger partial charge on any atom is -0.369 e. The van der Waals surface area contributed by atoms with Crippen LogP contribution in [0.25, 0.3) is 0 Å². The molecule has 0 saturated carbocycles. The van der Waals surface area contributed by atoms with Crippen LogP contribution in [0.4, 0.5) is 0 Å². The first-order valence-corrected chi connectivity index (χ1v) is 4.43. The third-order valence-corrected chi connectivity index (χ3v) is 2.07. The van der Waals surface area contributed by atoms with Crippen LogP contribution in [-0.4, -0.2) is 44.4 Å². The third kappa shape index (κ3) is 3.21. The molecule has 0 aromatic heterocycles. The Morgan fingerprint density at radius 1 is 1.27 bits per heavy atom. The monoisotopic (exact) mass is 158 g/mol. The lowest BCUT2D eigenvalue weighted by molar-refractivity contribution is -0.873. The van der Waals surface area contributed by atoms with Gasteiger partial charge in [0.2, 0.25) is 0 Å². The zero-order valence-corrected chi connectivity index (χ0v) is 8.13. The van der Waals surface area contributed by atoms with Crippen molar-refractivity contribution in [1.29, 1.82) is 0 Å². The molecule has 0 unspecified atom stereocenters. The van der Waals surface area contributed by atoms with Gasteiger partial charge in [0, 0.05) is 0 Å². The average molecular weight is 158 g/mol. The lowest BCUT2D eigenvalue weighted by atomic mass is 10.2. The van der Waals surface area contributed by atoms with Crippen LogP contribution in [0.2, 0.25) is 0 Å². The second kappa shape index (κ2) is 3.11. The third-order valence-electron chi connectivity index (χ3n) is 2.07. The van der Waals surface area contributed by atoms with Gasteiger partial charge in [-0.2, -0.15) is 0 Å². The molecule has 0 N–H and O–H groups in total. The van der Waals surface area contributed by atoms with E-state index >= 15 is 0 Å². The maximum absolute atomic E-state index is 5.72. The fourth-order valence-electron chi connectivity index (χ4n) is 1.63. The van der Waals surface area contributed by atoms with E-state index in [4.69, 9.17) is 4.74 Å². The van der Waals surface area contributed by atoms with Crippen molar-refractivity contribution in [1.82, 2.24) is 0 Å². The van der Waals surface area contributed by atoms with Crippen molar-refractivity contribution in [3.05, 3.63) is 0 Å². The van der Waals surface area contributed by atoms with Crippen LogP contribution >= 0.6 is 0 Å². The lowest BCUT2D eigenvalue weighted by Gasteiger charge is -2.27. The van der Waals surface area contributed by atoms with E-state index in [0.717, 1.165) is 11.0 Å². The fraction of sp³-hybridized carbons (Fsp3) is 1.00. The molecular formula is C9H20NO+. The van der Waals surface area contributed by atoms with E-state index in [1.165, 1.54) is 12.8 Å². The van der Waals surface area contributed by atoms with Gasteiger partial charge >= 0.3 is 0 Å². The summed E-state index contributed by atoms with van der Waals surface area (Å²) >= 11 is 0. The first kappa shape index (κ1) is 9.01. The highest BCUT2D eigenvalue weighted by molar-refractivity contribution is 4.69. The zero-order chi connectivity index (χ0) is 8.48. The Hall–Kier alpha value is -0.0800. The molecule has 0 aromatic carbocycles. The average Bonchev–Trinajstić information content (AvgIpc) is 2.10. The molecule has 1 aliphatic rings. The van der Waals surface area contributed by atoms with Crippen molar-refractivity contribution in [2.24, 2.45) is 0 Å². The summed E-state index contributed by atoms with van der Waals surface area (Å²) in [6.45, 7) is 3.31. The molecule has 1 heterocycles. The summed E-state index contributed by atoms with van der Waals surface area (Å²) in [5, 5.41) is 0. The van der Waals surface area contributed by atoms with Gasteiger partial charge < -0.3 is 9.22 Å². The van der Waals surface area contributed by atoms with Crippen LogP contribution in [0, 0.1) is 0 Å². The van der Waals surface area contributed by atoms with Crippen LogP contribution in [0.1, 0.15) is 19.8 Å². The summed E-state index contributed by atoms with van der Waals surface area (Å²) in [4.78, 5) is 0. The van der Waals surface area contributed by atoms with E-state index in [2.05, 4.69) is 28.1 Å². The Bertz CT molecular complexity index is 128. The van der Waals surface area contributed by atoms with Crippen LogP contribution in [0.15, 0.2) is 0 Å². The highest BCUT2D eigenvalue weighted by Gasteiger charge is 2.26. The van der Waals surface area contributed by atoms with E-state index in [-0.39, 0.29) is 0 Å². The maximum Gasteiger partial charge on any atom is 0.107 e. The molecule has 66 valence electrons. The second-order valence-electron chi connectivity index (χ2n) is 4.62. The number of hydrogen-bond acceptors (Lipinski definition) is 1. The summed E-state index contributed by atoms with van der Waals surface area (Å²) in [6.07, 6.45) is 3.48. The molecule has 1 rings (SSSR count). The van der Waals surface area contributed by atoms with Gasteiger partial charge in [-0.25, -0.2) is 0 Å². The highest BCUT2D eigenvalue weighted by Crippen LogP contribution is 2.20. The summed E-state index contributed by atoms with van der Waals surface area (Å²) < 4.78 is 6.73. The van der Waals surface area contributed by atoms with Gasteiger partial charge in [0.05, 0.1) is 27.2 Å². The van der Waals surface area contributed by atoms with E-state index in [1.807, 2.05) is 0 Å². The van der Waals surface area contributed by atoms with Gasteiger partial charge in [-0.15, -0.1) is 0 Å². The van der Waals surface area contributed by atoms with Crippen molar-refractivity contribution >= 4 is 0 Å². The molecule has 0 aromatic rings. The van der Waals surface area contributed by atoms with E-state index in [0.29, 0.717) is 12.2 Å². The number of nitrogens with zero attached hydrogens (tertiary/aromatic N) is 1. The first-order valence-electron chi connectivity index (χ1n) is 4.43. The first-order chi connectivity index (χ1) is 4.97. The van der Waals surface area contributed by atoms with Gasteiger partial charge in [-0.1, -0.05) is 0 Å². The maximum atomic E-state index is 5.72. The smallest absolute Gasteiger partial charge is 0.107 e.